The van der Waals surface area contributed by atoms with Crippen molar-refractivity contribution in [3.05, 3.63) is 23.8 Å². The summed E-state index contributed by atoms with van der Waals surface area (Å²) in [6, 6.07) is 0. The number of allylic oxidation sites excluding steroid dienone is 3. The van der Waals surface area contributed by atoms with Crippen LogP contribution in [-0.2, 0) is 4.79 Å². The zero-order valence-corrected chi connectivity index (χ0v) is 12.7. The number of hydrogen-bond donors (Lipinski definition) is 0. The lowest BCUT2D eigenvalue weighted by molar-refractivity contribution is -0.118. The van der Waals surface area contributed by atoms with E-state index in [1.54, 1.807) is 0 Å². The van der Waals surface area contributed by atoms with E-state index in [9.17, 15) is 4.79 Å². The molecule has 2 aliphatic heterocycles. The van der Waals surface area contributed by atoms with Gasteiger partial charge in [-0.2, -0.15) is 4.99 Å². The number of amides is 1. The van der Waals surface area contributed by atoms with E-state index in [-0.39, 0.29) is 11.8 Å². The minimum Gasteiger partial charge on any atom is -0.305 e. The Morgan fingerprint density at radius 2 is 2.30 bits per heavy atom. The zero-order valence-electron chi connectivity index (χ0n) is 11.9. The van der Waals surface area contributed by atoms with Gasteiger partial charge in [0.05, 0.1) is 11.5 Å². The summed E-state index contributed by atoms with van der Waals surface area (Å²) < 4.78 is 0. The number of thioether (sulfide) groups is 1. The second-order valence-corrected chi connectivity index (χ2v) is 6.85. The normalized spacial score (nSPS) is 29.9. The average Bonchev–Trinajstić information content (AvgIpc) is 2.84. The third-order valence-corrected chi connectivity index (χ3v) is 5.18. The quantitative estimate of drug-likeness (QED) is 0.797. The third kappa shape index (κ3) is 2.79. The Bertz CT molecular complexity index is 547. The molecule has 0 N–H and O–H groups in total. The molecule has 1 saturated heterocycles. The molecule has 0 saturated carbocycles. The van der Waals surface area contributed by atoms with E-state index >= 15 is 0 Å². The molecule has 2 unspecified atom stereocenters. The van der Waals surface area contributed by atoms with E-state index in [2.05, 4.69) is 21.9 Å². The summed E-state index contributed by atoms with van der Waals surface area (Å²) >= 11 is 1.87. The van der Waals surface area contributed by atoms with Crippen molar-refractivity contribution >= 4 is 29.2 Å². The number of carbonyl (C=O) groups is 1. The van der Waals surface area contributed by atoms with Crippen LogP contribution in [0, 0.1) is 5.92 Å². The topological polar surface area (TPSA) is 45.0 Å². The summed E-state index contributed by atoms with van der Waals surface area (Å²) in [5.74, 6) is 1.09. The Balaban J connectivity index is 1.67. The van der Waals surface area contributed by atoms with Gasteiger partial charge in [0.2, 0.25) is 0 Å². The van der Waals surface area contributed by atoms with Gasteiger partial charge < -0.3 is 4.90 Å². The van der Waals surface area contributed by atoms with Crippen LogP contribution in [0.2, 0.25) is 0 Å². The largest absolute Gasteiger partial charge is 0.305 e. The third-order valence-electron chi connectivity index (χ3n) is 3.90. The average molecular weight is 289 g/mol. The predicted molar refractivity (Wildman–Crippen MR) is 84.6 cm³/mol. The molecular weight excluding hydrogens is 270 g/mol. The minimum atomic E-state index is -0.258. The number of amidine groups is 1. The van der Waals surface area contributed by atoms with Crippen molar-refractivity contribution in [3.63, 3.8) is 0 Å². The Hall–Kier alpha value is -1.20. The van der Waals surface area contributed by atoms with Gasteiger partial charge in [-0.1, -0.05) is 18.2 Å². The second kappa shape index (κ2) is 5.66. The van der Waals surface area contributed by atoms with E-state index in [1.807, 2.05) is 36.9 Å². The standard InChI is InChI=1S/C15H19N3OS/c1-10-4-3-5-12-14(10)16-13(17-15(12)19)9-20-11-6-7-18(2)8-11/h3-5,11-12H,6-9H2,1-2H3. The molecule has 3 aliphatic rings. The van der Waals surface area contributed by atoms with Crippen LogP contribution in [0.5, 0.6) is 0 Å². The maximum atomic E-state index is 12.1. The van der Waals surface area contributed by atoms with Gasteiger partial charge in [0.25, 0.3) is 5.91 Å². The first-order valence-electron chi connectivity index (χ1n) is 6.99. The fourth-order valence-corrected chi connectivity index (χ4v) is 3.88. The van der Waals surface area contributed by atoms with Crippen LogP contribution in [0.4, 0.5) is 0 Å². The van der Waals surface area contributed by atoms with E-state index in [0.29, 0.717) is 11.1 Å². The number of carbonyl (C=O) groups excluding carboxylic acids is 1. The van der Waals surface area contributed by atoms with E-state index in [4.69, 9.17) is 0 Å². The number of likely N-dealkylation sites (tertiary alicyclic amines) is 1. The van der Waals surface area contributed by atoms with Crippen molar-refractivity contribution in [1.29, 1.82) is 0 Å². The summed E-state index contributed by atoms with van der Waals surface area (Å²) in [5, 5.41) is 0.638. The predicted octanol–water partition coefficient (Wildman–Crippen LogP) is 1.94. The van der Waals surface area contributed by atoms with Crippen LogP contribution in [0.1, 0.15) is 13.3 Å². The molecule has 106 valence electrons. The zero-order chi connectivity index (χ0) is 14.1. The molecule has 20 heavy (non-hydrogen) atoms. The van der Waals surface area contributed by atoms with Gasteiger partial charge in [0, 0.05) is 11.8 Å². The monoisotopic (exact) mass is 289 g/mol. The highest BCUT2D eigenvalue weighted by atomic mass is 32.2. The second-order valence-electron chi connectivity index (χ2n) is 5.56. The summed E-state index contributed by atoms with van der Waals surface area (Å²) in [6.45, 7) is 4.28. The number of aliphatic imine (C=N–C) groups is 2. The molecule has 0 aromatic rings. The Kier molecular flexibility index (Phi) is 3.89. The fourth-order valence-electron chi connectivity index (χ4n) is 2.74. The molecule has 0 aromatic heterocycles. The highest BCUT2D eigenvalue weighted by Gasteiger charge is 2.29. The van der Waals surface area contributed by atoms with Gasteiger partial charge in [0.1, 0.15) is 11.8 Å². The first kappa shape index (κ1) is 13.8. The molecule has 2 atom stereocenters. The van der Waals surface area contributed by atoms with Gasteiger partial charge in [0.15, 0.2) is 0 Å². The summed E-state index contributed by atoms with van der Waals surface area (Å²) in [5.41, 5.74) is 1.95. The highest BCUT2D eigenvalue weighted by Crippen LogP contribution is 2.25. The number of nitrogens with zero attached hydrogens (tertiary/aromatic N) is 3. The Morgan fingerprint density at radius 3 is 3.05 bits per heavy atom. The first-order chi connectivity index (χ1) is 9.63. The molecule has 1 fully saturated rings. The molecule has 5 heteroatoms. The fraction of sp³-hybridized carbons (Fsp3) is 0.533. The van der Waals surface area contributed by atoms with Gasteiger partial charge >= 0.3 is 0 Å². The van der Waals surface area contributed by atoms with E-state index in [1.165, 1.54) is 6.42 Å². The molecular formula is C15H19N3OS. The van der Waals surface area contributed by atoms with Crippen LogP contribution in [-0.4, -0.2) is 53.5 Å². The molecule has 2 heterocycles. The van der Waals surface area contributed by atoms with Crippen molar-refractivity contribution in [2.75, 3.05) is 25.9 Å². The summed E-state index contributed by atoms with van der Waals surface area (Å²) in [7, 11) is 2.15. The first-order valence-corrected chi connectivity index (χ1v) is 8.04. The van der Waals surface area contributed by atoms with E-state index in [0.717, 1.165) is 30.1 Å². The van der Waals surface area contributed by atoms with Crippen molar-refractivity contribution in [2.45, 2.75) is 18.6 Å². The van der Waals surface area contributed by atoms with Gasteiger partial charge in [-0.25, -0.2) is 4.99 Å². The lowest BCUT2D eigenvalue weighted by Gasteiger charge is -2.21. The van der Waals surface area contributed by atoms with Crippen molar-refractivity contribution in [2.24, 2.45) is 15.9 Å². The van der Waals surface area contributed by atoms with Gasteiger partial charge in [-0.15, -0.1) is 11.8 Å². The number of rotatable bonds is 3. The molecule has 0 aromatic carbocycles. The lowest BCUT2D eigenvalue weighted by atomic mass is 9.91. The van der Waals surface area contributed by atoms with Crippen LogP contribution in [0.15, 0.2) is 33.8 Å². The summed E-state index contributed by atoms with van der Waals surface area (Å²) in [6.07, 6.45) is 7.02. The Labute approximate surface area is 123 Å². The highest BCUT2D eigenvalue weighted by molar-refractivity contribution is 8.00. The van der Waals surface area contributed by atoms with E-state index < -0.39 is 0 Å². The maximum absolute atomic E-state index is 12.1. The molecule has 4 nitrogen and oxygen atoms in total. The molecule has 1 aliphatic carbocycles. The summed E-state index contributed by atoms with van der Waals surface area (Å²) in [4.78, 5) is 23.2. The van der Waals surface area contributed by atoms with Crippen LogP contribution >= 0.6 is 11.8 Å². The van der Waals surface area contributed by atoms with Crippen LogP contribution in [0.25, 0.3) is 0 Å². The molecule has 0 bridgehead atoms. The number of hydrogen-bond acceptors (Lipinski definition) is 4. The molecule has 0 spiro atoms. The van der Waals surface area contributed by atoms with Crippen molar-refractivity contribution in [1.82, 2.24) is 4.90 Å². The smallest absolute Gasteiger partial charge is 0.260 e. The minimum absolute atomic E-state index is 0.0714. The molecule has 1 amide bonds. The van der Waals surface area contributed by atoms with Crippen molar-refractivity contribution in [3.8, 4) is 0 Å². The maximum Gasteiger partial charge on any atom is 0.260 e. The van der Waals surface area contributed by atoms with Crippen molar-refractivity contribution < 1.29 is 4.79 Å². The molecule has 3 rings (SSSR count). The number of fused-ring (bicyclic) bond motifs is 1. The van der Waals surface area contributed by atoms with Crippen LogP contribution in [0.3, 0.4) is 0 Å². The van der Waals surface area contributed by atoms with Crippen LogP contribution < -0.4 is 0 Å². The lowest BCUT2D eigenvalue weighted by Crippen LogP contribution is -2.30. The molecule has 0 radical (unpaired) electrons. The van der Waals surface area contributed by atoms with Gasteiger partial charge in [-0.05, 0) is 32.5 Å². The Morgan fingerprint density at radius 1 is 1.45 bits per heavy atom. The SMILES string of the molecule is CC1=CC=CC2C(=O)N=C(CSC3CCN(C)C3)N=C12. The van der Waals surface area contributed by atoms with Gasteiger partial charge in [-0.3, -0.25) is 4.79 Å².